The number of hydrogen-bond acceptors (Lipinski definition) is 2. The Hall–Kier alpha value is -1.70. The summed E-state index contributed by atoms with van der Waals surface area (Å²) in [5.41, 5.74) is 3.76. The Morgan fingerprint density at radius 2 is 1.96 bits per heavy atom. The van der Waals surface area contributed by atoms with Crippen LogP contribution in [0.2, 0.25) is 0 Å². The van der Waals surface area contributed by atoms with E-state index in [0.29, 0.717) is 5.92 Å². The number of hydrogen-bond donors (Lipinski definition) is 0. The molecule has 0 amide bonds. The molecule has 2 nitrogen and oxygen atoms in total. The molecule has 0 bridgehead atoms. The Labute approximate surface area is 152 Å². The Morgan fingerprint density at radius 3 is 2.64 bits per heavy atom. The van der Waals surface area contributed by atoms with Crippen LogP contribution in [0.3, 0.4) is 0 Å². The Kier molecular flexibility index (Phi) is 4.74. The molecule has 0 N–H and O–H groups in total. The normalized spacial score (nSPS) is 28.5. The summed E-state index contributed by atoms with van der Waals surface area (Å²) in [5, 5.41) is 0. The van der Waals surface area contributed by atoms with Crippen LogP contribution in [0.1, 0.15) is 57.6 Å². The van der Waals surface area contributed by atoms with Gasteiger partial charge in [0.1, 0.15) is 17.1 Å². The zero-order valence-electron chi connectivity index (χ0n) is 16.4. The number of benzene rings is 1. The fraction of sp³-hybridized carbons (Fsp3) is 0.565. The Morgan fingerprint density at radius 1 is 1.20 bits per heavy atom. The minimum Gasteiger partial charge on any atom is -0.496 e. The molecule has 1 aliphatic heterocycles. The third kappa shape index (κ3) is 3.63. The maximum absolute atomic E-state index is 6.44. The second-order valence-electron chi connectivity index (χ2n) is 8.70. The molecule has 0 spiro atoms. The Balaban J connectivity index is 1.84. The van der Waals surface area contributed by atoms with Crippen LogP contribution in [-0.4, -0.2) is 12.7 Å². The van der Waals surface area contributed by atoms with E-state index in [0.717, 1.165) is 30.8 Å². The van der Waals surface area contributed by atoms with Gasteiger partial charge in [-0.25, -0.2) is 0 Å². The summed E-state index contributed by atoms with van der Waals surface area (Å²) in [7, 11) is 1.74. The van der Waals surface area contributed by atoms with Crippen molar-refractivity contribution in [2.24, 2.45) is 11.3 Å². The summed E-state index contributed by atoms with van der Waals surface area (Å²) >= 11 is 0. The molecule has 136 valence electrons. The number of methoxy groups -OCH3 is 1. The lowest BCUT2D eigenvalue weighted by atomic mass is 9.66. The average Bonchev–Trinajstić information content (AvgIpc) is 2.52. The second-order valence-corrected chi connectivity index (χ2v) is 8.70. The third-order valence-corrected chi connectivity index (χ3v) is 5.99. The molecule has 1 aromatic rings. The van der Waals surface area contributed by atoms with Crippen LogP contribution >= 0.6 is 0 Å². The SMILES string of the molecule is C=C1CCCC(C)(C)[C@@H]1/C=C/[C@@]1(C)CCc2c(OC)cc(C)cc2O1. The highest BCUT2D eigenvalue weighted by atomic mass is 16.5. The molecule has 1 heterocycles. The van der Waals surface area contributed by atoms with Crippen LogP contribution in [0.15, 0.2) is 36.4 Å². The largest absolute Gasteiger partial charge is 0.496 e. The van der Waals surface area contributed by atoms with Gasteiger partial charge in [-0.1, -0.05) is 32.1 Å². The highest BCUT2D eigenvalue weighted by Gasteiger charge is 2.35. The summed E-state index contributed by atoms with van der Waals surface area (Å²) in [6.07, 6.45) is 10.3. The maximum atomic E-state index is 6.44. The van der Waals surface area contributed by atoms with Crippen LogP contribution < -0.4 is 9.47 Å². The molecule has 1 fully saturated rings. The smallest absolute Gasteiger partial charge is 0.127 e. The summed E-state index contributed by atoms with van der Waals surface area (Å²) in [5.74, 6) is 2.36. The first-order valence-electron chi connectivity index (χ1n) is 9.48. The maximum Gasteiger partial charge on any atom is 0.127 e. The van der Waals surface area contributed by atoms with Gasteiger partial charge in [0, 0.05) is 11.5 Å². The van der Waals surface area contributed by atoms with E-state index in [2.05, 4.69) is 58.6 Å². The van der Waals surface area contributed by atoms with Crippen LogP contribution in [0, 0.1) is 18.3 Å². The molecule has 0 unspecified atom stereocenters. The van der Waals surface area contributed by atoms with Crippen molar-refractivity contribution in [1.29, 1.82) is 0 Å². The molecule has 0 saturated heterocycles. The number of fused-ring (bicyclic) bond motifs is 1. The van der Waals surface area contributed by atoms with Crippen LogP contribution in [0.5, 0.6) is 11.5 Å². The van der Waals surface area contributed by atoms with Crippen molar-refractivity contribution in [3.05, 3.63) is 47.6 Å². The molecule has 0 radical (unpaired) electrons. The van der Waals surface area contributed by atoms with Crippen molar-refractivity contribution < 1.29 is 9.47 Å². The van der Waals surface area contributed by atoms with Crippen molar-refractivity contribution in [3.63, 3.8) is 0 Å². The molecule has 2 atom stereocenters. The zero-order chi connectivity index (χ0) is 18.2. The quantitative estimate of drug-likeness (QED) is 0.626. The molecular weight excluding hydrogens is 308 g/mol. The Bertz CT molecular complexity index is 698. The molecular formula is C23H32O2. The van der Waals surface area contributed by atoms with Gasteiger partial charge in [0.15, 0.2) is 0 Å². The van der Waals surface area contributed by atoms with Crippen molar-refractivity contribution in [1.82, 2.24) is 0 Å². The number of aryl methyl sites for hydroxylation is 1. The molecule has 3 rings (SSSR count). The van der Waals surface area contributed by atoms with Gasteiger partial charge < -0.3 is 9.47 Å². The number of rotatable bonds is 3. The first-order valence-corrected chi connectivity index (χ1v) is 9.48. The lowest BCUT2D eigenvalue weighted by Gasteiger charge is -2.40. The predicted octanol–water partition coefficient (Wildman–Crippen LogP) is 6.03. The topological polar surface area (TPSA) is 18.5 Å². The van der Waals surface area contributed by atoms with Gasteiger partial charge in [-0.2, -0.15) is 0 Å². The average molecular weight is 341 g/mol. The standard InChI is InChI=1S/C23H32O2/c1-16-14-20(24-6)18-9-12-23(5,25-21(18)15-16)13-10-19-17(2)8-7-11-22(19,3)4/h10,13-15,19H,2,7-9,11-12H2,1,3-6H3/b13-10+/t19-,23-/m1/s1. The van der Waals surface area contributed by atoms with Gasteiger partial charge in [-0.05, 0) is 75.1 Å². The molecule has 1 aliphatic carbocycles. The van der Waals surface area contributed by atoms with Gasteiger partial charge >= 0.3 is 0 Å². The molecule has 2 aliphatic rings. The van der Waals surface area contributed by atoms with E-state index in [-0.39, 0.29) is 11.0 Å². The molecule has 25 heavy (non-hydrogen) atoms. The lowest BCUT2D eigenvalue weighted by Crippen LogP contribution is -2.35. The minimum absolute atomic E-state index is 0.264. The van der Waals surface area contributed by atoms with Crippen molar-refractivity contribution >= 4 is 0 Å². The highest BCUT2D eigenvalue weighted by Crippen LogP contribution is 2.45. The van der Waals surface area contributed by atoms with E-state index in [1.54, 1.807) is 7.11 Å². The van der Waals surface area contributed by atoms with Gasteiger partial charge in [0.25, 0.3) is 0 Å². The first-order chi connectivity index (χ1) is 11.7. The summed E-state index contributed by atoms with van der Waals surface area (Å²) in [4.78, 5) is 0. The van der Waals surface area contributed by atoms with E-state index in [9.17, 15) is 0 Å². The van der Waals surface area contributed by atoms with Crippen LogP contribution in [-0.2, 0) is 6.42 Å². The van der Waals surface area contributed by atoms with Crippen molar-refractivity contribution in [2.45, 2.75) is 65.4 Å². The number of allylic oxidation sites excluding steroid dienone is 2. The van der Waals surface area contributed by atoms with Gasteiger partial charge in [0.05, 0.1) is 7.11 Å². The highest BCUT2D eigenvalue weighted by molar-refractivity contribution is 5.49. The lowest BCUT2D eigenvalue weighted by molar-refractivity contribution is 0.111. The van der Waals surface area contributed by atoms with Gasteiger partial charge in [-0.15, -0.1) is 0 Å². The van der Waals surface area contributed by atoms with Crippen LogP contribution in [0.4, 0.5) is 0 Å². The van der Waals surface area contributed by atoms with E-state index in [1.807, 2.05) is 0 Å². The monoisotopic (exact) mass is 340 g/mol. The summed E-state index contributed by atoms with van der Waals surface area (Å²) in [6, 6.07) is 4.22. The zero-order valence-corrected chi connectivity index (χ0v) is 16.4. The van der Waals surface area contributed by atoms with Crippen molar-refractivity contribution in [3.8, 4) is 11.5 Å². The molecule has 2 heteroatoms. The molecule has 1 aromatic carbocycles. The van der Waals surface area contributed by atoms with Gasteiger partial charge in [-0.3, -0.25) is 0 Å². The van der Waals surface area contributed by atoms with E-state index >= 15 is 0 Å². The summed E-state index contributed by atoms with van der Waals surface area (Å²) in [6.45, 7) is 13.3. The fourth-order valence-corrected chi connectivity index (χ4v) is 4.39. The van der Waals surface area contributed by atoms with Crippen LogP contribution in [0.25, 0.3) is 0 Å². The summed E-state index contributed by atoms with van der Waals surface area (Å²) < 4.78 is 12.0. The number of ether oxygens (including phenoxy) is 2. The van der Waals surface area contributed by atoms with E-state index < -0.39 is 0 Å². The molecule has 0 aromatic heterocycles. The van der Waals surface area contributed by atoms with Crippen molar-refractivity contribution in [2.75, 3.05) is 7.11 Å². The molecule has 1 saturated carbocycles. The van der Waals surface area contributed by atoms with E-state index in [4.69, 9.17) is 9.47 Å². The van der Waals surface area contributed by atoms with E-state index in [1.165, 1.54) is 29.5 Å². The second kappa shape index (κ2) is 6.55. The predicted molar refractivity (Wildman–Crippen MR) is 104 cm³/mol. The van der Waals surface area contributed by atoms with Gasteiger partial charge in [0.2, 0.25) is 0 Å². The first kappa shape index (κ1) is 18.1. The fourth-order valence-electron chi connectivity index (χ4n) is 4.39. The third-order valence-electron chi connectivity index (χ3n) is 5.99. The minimum atomic E-state index is -0.264.